The summed E-state index contributed by atoms with van der Waals surface area (Å²) in [5, 5.41) is 11.6. The Labute approximate surface area is 188 Å². The molecule has 2 amide bonds. The number of nitrogens with zero attached hydrogens (tertiary/aromatic N) is 4. The molecule has 0 radical (unpaired) electrons. The van der Waals surface area contributed by atoms with Crippen molar-refractivity contribution in [1.29, 1.82) is 0 Å². The van der Waals surface area contributed by atoms with Gasteiger partial charge in [0, 0.05) is 43.2 Å². The van der Waals surface area contributed by atoms with Crippen molar-refractivity contribution in [1.82, 2.24) is 19.9 Å². The molecule has 0 spiro atoms. The van der Waals surface area contributed by atoms with E-state index < -0.39 is 0 Å². The summed E-state index contributed by atoms with van der Waals surface area (Å²) in [6.45, 7) is 5.01. The lowest BCUT2D eigenvalue weighted by Crippen LogP contribution is -2.50. The van der Waals surface area contributed by atoms with Crippen LogP contribution in [0.2, 0.25) is 0 Å². The first-order valence-corrected chi connectivity index (χ1v) is 11.0. The van der Waals surface area contributed by atoms with E-state index >= 15 is 0 Å². The summed E-state index contributed by atoms with van der Waals surface area (Å²) in [5.41, 5.74) is 1.49. The monoisotopic (exact) mass is 458 g/mol. The number of anilines is 2. The number of piperazine rings is 1. The molecular weight excluding hydrogens is 435 g/mol. The van der Waals surface area contributed by atoms with E-state index in [-0.39, 0.29) is 30.7 Å². The molecule has 1 aliphatic heterocycles. The van der Waals surface area contributed by atoms with Crippen LogP contribution < -0.4 is 10.6 Å². The largest absolute Gasteiger partial charge is 0.360 e. The van der Waals surface area contributed by atoms with Crippen LogP contribution in [-0.4, -0.2) is 71.0 Å². The molecule has 1 aromatic carbocycles. The topological polar surface area (TPSA) is 104 Å². The van der Waals surface area contributed by atoms with Crippen molar-refractivity contribution in [2.75, 3.05) is 49.9 Å². The number of benzene rings is 1. The minimum atomic E-state index is -0.303. The fourth-order valence-corrected chi connectivity index (χ4v) is 4.10. The second-order valence-electron chi connectivity index (χ2n) is 7.52. The van der Waals surface area contributed by atoms with Gasteiger partial charge in [0.25, 0.3) is 0 Å². The number of nitrogens with one attached hydrogen (secondary N) is 2. The summed E-state index contributed by atoms with van der Waals surface area (Å²) in [7, 11) is 0. The second-order valence-corrected chi connectivity index (χ2v) is 8.37. The average molecular weight is 459 g/mol. The molecule has 1 aliphatic rings. The van der Waals surface area contributed by atoms with E-state index in [0.29, 0.717) is 48.6 Å². The quantitative estimate of drug-likeness (QED) is 0.560. The summed E-state index contributed by atoms with van der Waals surface area (Å²) < 4.78 is 18.0. The fraction of sp³-hybridized carbons (Fsp3) is 0.333. The lowest BCUT2D eigenvalue weighted by Gasteiger charge is -2.33. The van der Waals surface area contributed by atoms with Crippen LogP contribution in [0.3, 0.4) is 0 Å². The molecule has 4 rings (SSSR count). The molecule has 32 heavy (non-hydrogen) atoms. The smallest absolute Gasteiger partial charge is 0.240 e. The van der Waals surface area contributed by atoms with E-state index in [1.165, 1.54) is 23.5 Å². The SMILES string of the molecule is Cc1cc(NC(=O)CN2CCN(CC(=O)Nc3nc(-c4ccc(F)cc4)cs3)CC2)no1. The highest BCUT2D eigenvalue weighted by atomic mass is 32.1. The van der Waals surface area contributed by atoms with Gasteiger partial charge in [0.15, 0.2) is 10.9 Å². The Morgan fingerprint density at radius 2 is 1.69 bits per heavy atom. The van der Waals surface area contributed by atoms with Crippen LogP contribution in [-0.2, 0) is 9.59 Å². The van der Waals surface area contributed by atoms with Crippen molar-refractivity contribution in [2.24, 2.45) is 0 Å². The standard InChI is InChI=1S/C21H23FN6O3S/c1-14-10-18(26-31-14)24-19(29)11-27-6-8-28(9-7-27)12-20(30)25-21-23-17(13-32-21)15-2-4-16(22)5-3-15/h2-5,10,13H,6-9,11-12H2,1H3,(H,23,25,30)(H,24,26,29). The molecule has 0 atom stereocenters. The van der Waals surface area contributed by atoms with Crippen molar-refractivity contribution in [3.05, 3.63) is 47.3 Å². The number of carbonyl (C=O) groups is 2. The second kappa shape index (κ2) is 9.98. The molecular formula is C21H23FN6O3S. The number of hydrogen-bond acceptors (Lipinski definition) is 8. The molecule has 2 aromatic heterocycles. The third kappa shape index (κ3) is 5.96. The van der Waals surface area contributed by atoms with Crippen LogP contribution in [0, 0.1) is 12.7 Å². The highest BCUT2D eigenvalue weighted by Gasteiger charge is 2.21. The predicted molar refractivity (Wildman–Crippen MR) is 119 cm³/mol. The maximum atomic E-state index is 13.1. The fourth-order valence-electron chi connectivity index (χ4n) is 3.36. The van der Waals surface area contributed by atoms with Gasteiger partial charge in [0.1, 0.15) is 11.6 Å². The summed E-state index contributed by atoms with van der Waals surface area (Å²) >= 11 is 1.33. The lowest BCUT2D eigenvalue weighted by molar-refractivity contribution is -0.120. The van der Waals surface area contributed by atoms with Crippen LogP contribution in [0.5, 0.6) is 0 Å². The van der Waals surface area contributed by atoms with Gasteiger partial charge in [-0.1, -0.05) is 5.16 Å². The normalized spacial score (nSPS) is 14.9. The molecule has 0 bridgehead atoms. The van der Waals surface area contributed by atoms with Gasteiger partial charge in [0.05, 0.1) is 18.8 Å². The molecule has 2 N–H and O–H groups in total. The molecule has 11 heteroatoms. The van der Waals surface area contributed by atoms with Crippen LogP contribution in [0.1, 0.15) is 5.76 Å². The third-order valence-electron chi connectivity index (χ3n) is 4.99. The summed E-state index contributed by atoms with van der Waals surface area (Å²) in [6, 6.07) is 7.74. The predicted octanol–water partition coefficient (Wildman–Crippen LogP) is 2.44. The number of halogens is 1. The maximum Gasteiger partial charge on any atom is 0.240 e. The minimum absolute atomic E-state index is 0.141. The Morgan fingerprint density at radius 3 is 2.28 bits per heavy atom. The number of rotatable bonds is 7. The first-order chi connectivity index (χ1) is 15.4. The van der Waals surface area contributed by atoms with Gasteiger partial charge in [-0.3, -0.25) is 19.4 Å². The Morgan fingerprint density at radius 1 is 1.06 bits per heavy atom. The number of aryl methyl sites for hydroxylation is 1. The van der Waals surface area contributed by atoms with E-state index in [0.717, 1.165) is 5.56 Å². The Bertz CT molecular complexity index is 1080. The van der Waals surface area contributed by atoms with E-state index in [4.69, 9.17) is 4.52 Å². The zero-order valence-electron chi connectivity index (χ0n) is 17.5. The molecule has 1 saturated heterocycles. The van der Waals surface area contributed by atoms with Gasteiger partial charge < -0.3 is 15.2 Å². The van der Waals surface area contributed by atoms with Gasteiger partial charge in [-0.05, 0) is 31.2 Å². The Hall–Kier alpha value is -3.15. The number of amides is 2. The summed E-state index contributed by atoms with van der Waals surface area (Å²) in [4.78, 5) is 33.0. The molecule has 0 aliphatic carbocycles. The zero-order valence-corrected chi connectivity index (χ0v) is 18.3. The molecule has 0 saturated carbocycles. The van der Waals surface area contributed by atoms with Crippen LogP contribution >= 0.6 is 11.3 Å². The van der Waals surface area contributed by atoms with E-state index in [2.05, 4.69) is 20.8 Å². The number of carbonyl (C=O) groups excluding carboxylic acids is 2. The van der Waals surface area contributed by atoms with Crippen molar-refractivity contribution < 1.29 is 18.5 Å². The van der Waals surface area contributed by atoms with Gasteiger partial charge in [-0.2, -0.15) is 0 Å². The summed E-state index contributed by atoms with van der Waals surface area (Å²) in [6.07, 6.45) is 0. The highest BCUT2D eigenvalue weighted by molar-refractivity contribution is 7.14. The molecule has 3 aromatic rings. The highest BCUT2D eigenvalue weighted by Crippen LogP contribution is 2.25. The number of aromatic nitrogens is 2. The molecule has 9 nitrogen and oxygen atoms in total. The molecule has 168 valence electrons. The van der Waals surface area contributed by atoms with Gasteiger partial charge in [0.2, 0.25) is 11.8 Å². The molecule has 0 unspecified atom stereocenters. The van der Waals surface area contributed by atoms with Gasteiger partial charge >= 0.3 is 0 Å². The minimum Gasteiger partial charge on any atom is -0.360 e. The van der Waals surface area contributed by atoms with Crippen molar-refractivity contribution in [3.8, 4) is 11.3 Å². The van der Waals surface area contributed by atoms with E-state index in [9.17, 15) is 14.0 Å². The Kier molecular flexibility index (Phi) is 6.88. The van der Waals surface area contributed by atoms with E-state index in [1.807, 2.05) is 15.2 Å². The first-order valence-electron chi connectivity index (χ1n) is 10.1. The maximum absolute atomic E-state index is 13.1. The first kappa shape index (κ1) is 22.1. The van der Waals surface area contributed by atoms with Crippen molar-refractivity contribution >= 4 is 34.1 Å². The molecule has 1 fully saturated rings. The Balaban J connectivity index is 1.19. The lowest BCUT2D eigenvalue weighted by atomic mass is 10.2. The van der Waals surface area contributed by atoms with Crippen LogP contribution in [0.25, 0.3) is 11.3 Å². The average Bonchev–Trinajstić information content (AvgIpc) is 3.39. The number of hydrogen-bond donors (Lipinski definition) is 2. The number of thiazole rings is 1. The van der Waals surface area contributed by atoms with Gasteiger partial charge in [-0.25, -0.2) is 9.37 Å². The van der Waals surface area contributed by atoms with Crippen LogP contribution in [0.4, 0.5) is 15.3 Å². The summed E-state index contributed by atoms with van der Waals surface area (Å²) in [5.74, 6) is 0.454. The molecule has 3 heterocycles. The zero-order chi connectivity index (χ0) is 22.5. The van der Waals surface area contributed by atoms with Crippen molar-refractivity contribution in [2.45, 2.75) is 6.92 Å². The van der Waals surface area contributed by atoms with Crippen molar-refractivity contribution in [3.63, 3.8) is 0 Å². The van der Waals surface area contributed by atoms with Gasteiger partial charge in [-0.15, -0.1) is 11.3 Å². The van der Waals surface area contributed by atoms with E-state index in [1.54, 1.807) is 25.1 Å². The third-order valence-corrected chi connectivity index (χ3v) is 5.74. The van der Waals surface area contributed by atoms with Crippen LogP contribution in [0.15, 0.2) is 40.2 Å².